The molecular weight excluding hydrogens is 472 g/mol. The van der Waals surface area contributed by atoms with Crippen LogP contribution in [0.3, 0.4) is 0 Å². The van der Waals surface area contributed by atoms with E-state index in [9.17, 15) is 14.7 Å². The Hall–Kier alpha value is -2.42. The second-order valence-corrected chi connectivity index (χ2v) is 11.5. The van der Waals surface area contributed by atoms with Crippen LogP contribution in [0.1, 0.15) is 61.9 Å². The molecule has 1 saturated carbocycles. The number of fused-ring (bicyclic) bond motifs is 3. The lowest BCUT2D eigenvalue weighted by Gasteiger charge is -2.50. The Kier molecular flexibility index (Phi) is 7.11. The molecule has 2 aliphatic carbocycles. The molecule has 4 atom stereocenters. The number of allylic oxidation sites excluding steroid dienone is 1. The normalized spacial score (nSPS) is 32.5. The van der Waals surface area contributed by atoms with Crippen molar-refractivity contribution in [2.24, 2.45) is 17.3 Å². The molecule has 5 rings (SSSR count). The van der Waals surface area contributed by atoms with E-state index in [1.54, 1.807) is 20.3 Å². The molecule has 1 N–H and O–H groups in total. The summed E-state index contributed by atoms with van der Waals surface area (Å²) in [4.78, 5) is 29.5. The van der Waals surface area contributed by atoms with E-state index in [0.29, 0.717) is 30.2 Å². The molecule has 3 fully saturated rings. The predicted molar refractivity (Wildman–Crippen MR) is 139 cm³/mol. The number of rotatable bonds is 7. The molecule has 4 aliphatic rings. The molecule has 2 saturated heterocycles. The SMILES string of the molecule is COc1cc(CN2CCN(C[C@H]3C(=O)O[C@]4(O)C5=C(C)CCC[C@]5(C)CCC34)CC2)c(C=O)c(OC)c1. The maximum Gasteiger partial charge on any atom is 0.313 e. The fraction of sp³-hybridized carbons (Fsp3) is 0.655. The monoisotopic (exact) mass is 512 g/mol. The quantitative estimate of drug-likeness (QED) is 0.338. The van der Waals surface area contributed by atoms with Crippen molar-refractivity contribution in [2.45, 2.75) is 58.3 Å². The van der Waals surface area contributed by atoms with Gasteiger partial charge in [0, 0.05) is 56.8 Å². The van der Waals surface area contributed by atoms with E-state index in [4.69, 9.17) is 14.2 Å². The van der Waals surface area contributed by atoms with Crippen molar-refractivity contribution < 1.29 is 28.9 Å². The Morgan fingerprint density at radius 3 is 2.54 bits per heavy atom. The molecule has 0 bridgehead atoms. The average molecular weight is 513 g/mol. The number of nitrogens with zero attached hydrogens (tertiary/aromatic N) is 2. The van der Waals surface area contributed by atoms with Crippen LogP contribution in [0.2, 0.25) is 0 Å². The van der Waals surface area contributed by atoms with E-state index in [1.807, 2.05) is 6.07 Å². The minimum absolute atomic E-state index is 0.0719. The topological polar surface area (TPSA) is 88.5 Å². The van der Waals surface area contributed by atoms with Gasteiger partial charge in [-0.25, -0.2) is 0 Å². The molecule has 8 nitrogen and oxygen atoms in total. The van der Waals surface area contributed by atoms with Crippen molar-refractivity contribution in [2.75, 3.05) is 46.9 Å². The van der Waals surface area contributed by atoms with Crippen LogP contribution in [0.4, 0.5) is 0 Å². The fourth-order valence-electron chi connectivity index (χ4n) is 7.40. The van der Waals surface area contributed by atoms with Crippen molar-refractivity contribution in [3.8, 4) is 11.5 Å². The molecule has 2 heterocycles. The Balaban J connectivity index is 1.24. The van der Waals surface area contributed by atoms with Crippen molar-refractivity contribution in [1.82, 2.24) is 9.80 Å². The first-order chi connectivity index (χ1) is 17.7. The Morgan fingerprint density at radius 2 is 1.86 bits per heavy atom. The number of hydrogen-bond donors (Lipinski definition) is 1. The Morgan fingerprint density at radius 1 is 1.14 bits per heavy atom. The summed E-state index contributed by atoms with van der Waals surface area (Å²) < 4.78 is 16.6. The molecule has 8 heteroatoms. The van der Waals surface area contributed by atoms with Crippen LogP contribution in [0.25, 0.3) is 0 Å². The lowest BCUT2D eigenvalue weighted by Crippen LogP contribution is -2.52. The summed E-state index contributed by atoms with van der Waals surface area (Å²) in [7, 11) is 3.16. The zero-order valence-corrected chi connectivity index (χ0v) is 22.5. The van der Waals surface area contributed by atoms with Gasteiger partial charge in [0.15, 0.2) is 6.29 Å². The number of ether oxygens (including phenoxy) is 3. The van der Waals surface area contributed by atoms with E-state index >= 15 is 0 Å². The summed E-state index contributed by atoms with van der Waals surface area (Å²) in [6.45, 7) is 8.81. The molecular formula is C29H40N2O6. The van der Waals surface area contributed by atoms with E-state index in [1.165, 1.54) is 5.57 Å². The largest absolute Gasteiger partial charge is 0.497 e. The maximum absolute atomic E-state index is 13.1. The highest BCUT2D eigenvalue weighted by atomic mass is 16.7. The third-order valence-electron chi connectivity index (χ3n) is 9.31. The highest BCUT2D eigenvalue weighted by Crippen LogP contribution is 2.59. The highest BCUT2D eigenvalue weighted by molar-refractivity contribution is 5.82. The van der Waals surface area contributed by atoms with Gasteiger partial charge in [-0.2, -0.15) is 0 Å². The lowest BCUT2D eigenvalue weighted by molar-refractivity contribution is -0.198. The van der Waals surface area contributed by atoms with Gasteiger partial charge in [0.05, 0.1) is 25.7 Å². The summed E-state index contributed by atoms with van der Waals surface area (Å²) in [5, 5.41) is 11.8. The standard InChI is InChI=1S/C29H40N2O6/c1-19-6-5-8-28(2)9-7-24-22(27(33)37-29(24,34)26(19)28)17-31-12-10-30(11-13-31)16-20-14-21(35-3)15-25(36-4)23(20)18-32/h14-15,18,22,24,34H,5-13,16-17H2,1-4H3/t22-,24?,28-,29+/m1/s1. The van der Waals surface area contributed by atoms with Gasteiger partial charge in [-0.15, -0.1) is 0 Å². The van der Waals surface area contributed by atoms with Gasteiger partial charge in [-0.05, 0) is 56.1 Å². The maximum atomic E-state index is 13.1. The Bertz CT molecular complexity index is 1090. The minimum atomic E-state index is -1.45. The van der Waals surface area contributed by atoms with Crippen molar-refractivity contribution in [3.05, 3.63) is 34.4 Å². The van der Waals surface area contributed by atoms with Crippen molar-refractivity contribution in [1.29, 1.82) is 0 Å². The number of esters is 1. The number of benzene rings is 1. The van der Waals surface area contributed by atoms with Gasteiger partial charge in [0.25, 0.3) is 0 Å². The second kappa shape index (κ2) is 10.0. The first-order valence-corrected chi connectivity index (χ1v) is 13.5. The van der Waals surface area contributed by atoms with Crippen molar-refractivity contribution in [3.63, 3.8) is 0 Å². The molecule has 1 aromatic carbocycles. The van der Waals surface area contributed by atoms with Gasteiger partial charge in [0.2, 0.25) is 5.79 Å². The molecule has 0 spiro atoms. The number of aldehydes is 1. The zero-order chi connectivity index (χ0) is 26.4. The summed E-state index contributed by atoms with van der Waals surface area (Å²) in [6, 6.07) is 3.62. The Labute approximate surface area is 219 Å². The minimum Gasteiger partial charge on any atom is -0.497 e. The van der Waals surface area contributed by atoms with E-state index in [2.05, 4.69) is 23.6 Å². The summed E-state index contributed by atoms with van der Waals surface area (Å²) in [6.07, 6.45) is 5.79. The third-order valence-corrected chi connectivity index (χ3v) is 9.31. The molecule has 37 heavy (non-hydrogen) atoms. The van der Waals surface area contributed by atoms with Crippen LogP contribution >= 0.6 is 0 Å². The van der Waals surface area contributed by atoms with Crippen molar-refractivity contribution >= 4 is 12.3 Å². The van der Waals surface area contributed by atoms with E-state index in [-0.39, 0.29) is 23.2 Å². The summed E-state index contributed by atoms with van der Waals surface area (Å²) in [5.74, 6) is -1.03. The van der Waals surface area contributed by atoms with Gasteiger partial charge >= 0.3 is 5.97 Å². The number of aliphatic hydroxyl groups is 1. The smallest absolute Gasteiger partial charge is 0.313 e. The molecule has 1 unspecified atom stereocenters. The van der Waals surface area contributed by atoms with Crippen LogP contribution in [0, 0.1) is 17.3 Å². The number of hydrogen-bond acceptors (Lipinski definition) is 8. The molecule has 2 aliphatic heterocycles. The number of methoxy groups -OCH3 is 2. The first-order valence-electron chi connectivity index (χ1n) is 13.5. The van der Waals surface area contributed by atoms with E-state index in [0.717, 1.165) is 75.7 Å². The zero-order valence-electron chi connectivity index (χ0n) is 22.5. The number of carbonyl (C=O) groups is 2. The predicted octanol–water partition coefficient (Wildman–Crippen LogP) is 3.41. The van der Waals surface area contributed by atoms with Gasteiger partial charge in [-0.1, -0.05) is 12.5 Å². The van der Waals surface area contributed by atoms with Crippen LogP contribution in [-0.4, -0.2) is 79.9 Å². The van der Waals surface area contributed by atoms with Gasteiger partial charge in [0.1, 0.15) is 11.5 Å². The molecule has 1 aromatic rings. The first kappa shape index (κ1) is 26.2. The second-order valence-electron chi connectivity index (χ2n) is 11.5. The summed E-state index contributed by atoms with van der Waals surface area (Å²) >= 11 is 0. The molecule has 0 aromatic heterocycles. The average Bonchev–Trinajstić information content (AvgIpc) is 3.12. The van der Waals surface area contributed by atoms with Crippen LogP contribution in [0.15, 0.2) is 23.3 Å². The molecule has 202 valence electrons. The lowest BCUT2D eigenvalue weighted by atomic mass is 9.58. The molecule has 0 amide bonds. The van der Waals surface area contributed by atoms with Gasteiger partial charge in [-0.3, -0.25) is 19.4 Å². The number of carbonyl (C=O) groups excluding carboxylic acids is 2. The van der Waals surface area contributed by atoms with Crippen LogP contribution < -0.4 is 9.47 Å². The van der Waals surface area contributed by atoms with Gasteiger partial charge < -0.3 is 19.3 Å². The van der Waals surface area contributed by atoms with Crippen LogP contribution in [-0.2, 0) is 16.1 Å². The highest BCUT2D eigenvalue weighted by Gasteiger charge is 2.63. The fourth-order valence-corrected chi connectivity index (χ4v) is 7.40. The summed E-state index contributed by atoms with van der Waals surface area (Å²) in [5.41, 5.74) is 3.55. The van der Waals surface area contributed by atoms with E-state index < -0.39 is 5.79 Å². The molecule has 0 radical (unpaired) electrons. The van der Waals surface area contributed by atoms with Crippen LogP contribution in [0.5, 0.6) is 11.5 Å². The third kappa shape index (κ3) is 4.57. The number of piperazine rings is 1.